The van der Waals surface area contributed by atoms with Gasteiger partial charge in [-0.3, -0.25) is 0 Å². The van der Waals surface area contributed by atoms with E-state index in [1.165, 1.54) is 12.3 Å². The van der Waals surface area contributed by atoms with Gasteiger partial charge in [0, 0.05) is 12.3 Å². The number of aromatic nitrogens is 2. The van der Waals surface area contributed by atoms with E-state index in [4.69, 9.17) is 15.1 Å². The Morgan fingerprint density at radius 3 is 3.15 bits per heavy atom. The first-order valence-electron chi connectivity index (χ1n) is 3.30. The molecule has 0 amide bonds. The molecule has 1 N–H and O–H groups in total. The number of nitriles is 1. The van der Waals surface area contributed by atoms with Crippen molar-refractivity contribution in [2.24, 2.45) is 0 Å². The first-order chi connectivity index (χ1) is 6.22. The van der Waals surface area contributed by atoms with E-state index in [9.17, 15) is 4.79 Å². The summed E-state index contributed by atoms with van der Waals surface area (Å²) in [5, 5.41) is 16.7. The second-order valence-electron chi connectivity index (χ2n) is 2.01. The fourth-order valence-electron chi connectivity index (χ4n) is 0.612. The smallest absolute Gasteiger partial charge is 0.341 e. The number of ether oxygens (including phenoxy) is 1. The van der Waals surface area contributed by atoms with Crippen molar-refractivity contribution in [1.82, 2.24) is 9.97 Å². The maximum Gasteiger partial charge on any atom is 0.341 e. The molecule has 0 atom stereocenters. The number of nitrogens with zero attached hydrogens (tertiary/aromatic N) is 3. The first kappa shape index (κ1) is 8.93. The lowest BCUT2D eigenvalue weighted by atomic mass is 10.5. The molecule has 0 spiro atoms. The van der Waals surface area contributed by atoms with E-state index in [-0.39, 0.29) is 11.7 Å². The average Bonchev–Trinajstić information content (AvgIpc) is 2.15. The topological polar surface area (TPSA) is 96.1 Å². The van der Waals surface area contributed by atoms with Gasteiger partial charge in [0.1, 0.15) is 6.07 Å². The fourth-order valence-corrected chi connectivity index (χ4v) is 0.612. The van der Waals surface area contributed by atoms with Crippen LogP contribution in [0.1, 0.15) is 5.82 Å². The van der Waals surface area contributed by atoms with Crippen LogP contribution in [0.2, 0.25) is 0 Å². The molecule has 13 heavy (non-hydrogen) atoms. The summed E-state index contributed by atoms with van der Waals surface area (Å²) in [6, 6.07) is 3.08. The van der Waals surface area contributed by atoms with Crippen LogP contribution >= 0.6 is 0 Å². The zero-order valence-corrected chi connectivity index (χ0v) is 6.47. The van der Waals surface area contributed by atoms with Gasteiger partial charge in [0.25, 0.3) is 0 Å². The summed E-state index contributed by atoms with van der Waals surface area (Å²) >= 11 is 0. The van der Waals surface area contributed by atoms with E-state index in [1.54, 1.807) is 6.07 Å². The molecule has 0 bridgehead atoms. The van der Waals surface area contributed by atoms with E-state index in [0.29, 0.717) is 0 Å². The fraction of sp³-hybridized carbons (Fsp3) is 0.143. The predicted molar refractivity (Wildman–Crippen MR) is 39.9 cm³/mol. The first-order valence-corrected chi connectivity index (χ1v) is 3.30. The van der Waals surface area contributed by atoms with E-state index in [2.05, 4.69) is 9.97 Å². The van der Waals surface area contributed by atoms with Crippen LogP contribution in [0.3, 0.4) is 0 Å². The van der Waals surface area contributed by atoms with Gasteiger partial charge < -0.3 is 9.84 Å². The minimum absolute atomic E-state index is 0.0529. The van der Waals surface area contributed by atoms with Gasteiger partial charge in [0.2, 0.25) is 11.7 Å². The van der Waals surface area contributed by atoms with Crippen LogP contribution in [0.4, 0.5) is 0 Å². The number of rotatable bonds is 3. The highest BCUT2D eigenvalue weighted by atomic mass is 16.5. The number of hydrogen-bond acceptors (Lipinski definition) is 5. The molecule has 0 aliphatic carbocycles. The van der Waals surface area contributed by atoms with Crippen LogP contribution < -0.4 is 4.74 Å². The van der Waals surface area contributed by atoms with E-state index in [1.807, 2.05) is 0 Å². The molecular weight excluding hydrogens is 174 g/mol. The van der Waals surface area contributed by atoms with E-state index >= 15 is 0 Å². The molecule has 0 radical (unpaired) electrons. The predicted octanol–water partition coefficient (Wildman–Crippen LogP) is -0.188. The van der Waals surface area contributed by atoms with Gasteiger partial charge in [0.15, 0.2) is 6.61 Å². The van der Waals surface area contributed by atoms with Gasteiger partial charge in [-0.2, -0.15) is 10.2 Å². The maximum absolute atomic E-state index is 10.1. The van der Waals surface area contributed by atoms with E-state index < -0.39 is 12.6 Å². The Bertz CT molecular complexity index is 358. The summed E-state index contributed by atoms with van der Waals surface area (Å²) in [5.74, 6) is -1.08. The molecule has 6 nitrogen and oxygen atoms in total. The van der Waals surface area contributed by atoms with Gasteiger partial charge in [-0.1, -0.05) is 0 Å². The molecule has 1 aromatic rings. The lowest BCUT2D eigenvalue weighted by molar-refractivity contribution is -0.139. The van der Waals surface area contributed by atoms with Crippen LogP contribution in [0.5, 0.6) is 5.88 Å². The minimum atomic E-state index is -1.10. The van der Waals surface area contributed by atoms with Crippen molar-refractivity contribution in [3.63, 3.8) is 0 Å². The molecule has 0 aromatic carbocycles. The third-order valence-corrected chi connectivity index (χ3v) is 1.07. The van der Waals surface area contributed by atoms with Crippen molar-refractivity contribution in [2.45, 2.75) is 0 Å². The van der Waals surface area contributed by atoms with Crippen LogP contribution in [-0.2, 0) is 4.79 Å². The highest BCUT2D eigenvalue weighted by molar-refractivity contribution is 5.68. The molecule has 1 heterocycles. The van der Waals surface area contributed by atoms with Gasteiger partial charge >= 0.3 is 5.97 Å². The van der Waals surface area contributed by atoms with Crippen molar-refractivity contribution in [1.29, 1.82) is 5.26 Å². The largest absolute Gasteiger partial charge is 0.479 e. The number of carbonyl (C=O) groups is 1. The molecule has 0 aliphatic rings. The van der Waals surface area contributed by atoms with Gasteiger partial charge in [0.05, 0.1) is 0 Å². The highest BCUT2D eigenvalue weighted by Crippen LogP contribution is 2.03. The standard InChI is InChI=1S/C7H5N3O3/c8-3-5-9-2-1-6(10-5)13-4-7(11)12/h1-2H,4H2,(H,11,12). The summed E-state index contributed by atoms with van der Waals surface area (Å²) < 4.78 is 4.71. The SMILES string of the molecule is N#Cc1nccc(OCC(=O)O)n1. The zero-order chi connectivity index (χ0) is 9.68. The Morgan fingerprint density at radius 2 is 2.54 bits per heavy atom. The molecule has 0 saturated heterocycles. The molecule has 0 aliphatic heterocycles. The second kappa shape index (κ2) is 4.01. The molecule has 1 aromatic heterocycles. The van der Waals surface area contributed by atoms with Crippen molar-refractivity contribution in [2.75, 3.05) is 6.61 Å². The Morgan fingerprint density at radius 1 is 1.77 bits per heavy atom. The molecule has 0 fully saturated rings. The maximum atomic E-state index is 10.1. The van der Waals surface area contributed by atoms with Crippen LogP contribution in [0, 0.1) is 11.3 Å². The monoisotopic (exact) mass is 179 g/mol. The summed E-state index contributed by atoms with van der Waals surface area (Å²) in [7, 11) is 0. The number of carboxylic acid groups (broad SMARTS) is 1. The molecule has 0 unspecified atom stereocenters. The average molecular weight is 179 g/mol. The third-order valence-electron chi connectivity index (χ3n) is 1.07. The van der Waals surface area contributed by atoms with Crippen LogP contribution in [-0.4, -0.2) is 27.7 Å². The molecule has 66 valence electrons. The Balaban J connectivity index is 2.68. The number of hydrogen-bond donors (Lipinski definition) is 1. The number of aliphatic carboxylic acids is 1. The van der Waals surface area contributed by atoms with Gasteiger partial charge in [-0.05, 0) is 0 Å². The lowest BCUT2D eigenvalue weighted by Gasteiger charge is -1.99. The molecule has 1 rings (SSSR count). The van der Waals surface area contributed by atoms with Crippen LogP contribution in [0.15, 0.2) is 12.3 Å². The van der Waals surface area contributed by atoms with Crippen molar-refractivity contribution < 1.29 is 14.6 Å². The molecule has 6 heteroatoms. The van der Waals surface area contributed by atoms with Crippen LogP contribution in [0.25, 0.3) is 0 Å². The zero-order valence-electron chi connectivity index (χ0n) is 6.47. The quantitative estimate of drug-likeness (QED) is 0.690. The highest BCUT2D eigenvalue weighted by Gasteiger charge is 2.01. The third kappa shape index (κ3) is 2.75. The molecule has 0 saturated carbocycles. The van der Waals surface area contributed by atoms with Gasteiger partial charge in [-0.25, -0.2) is 9.78 Å². The van der Waals surface area contributed by atoms with Crippen molar-refractivity contribution >= 4 is 5.97 Å². The summed E-state index contributed by atoms with van der Waals surface area (Å²) in [6.45, 7) is -0.484. The Kier molecular flexibility index (Phi) is 2.76. The summed E-state index contributed by atoms with van der Waals surface area (Å²) in [4.78, 5) is 17.3. The number of carboxylic acids is 1. The van der Waals surface area contributed by atoms with Crippen molar-refractivity contribution in [3.8, 4) is 11.9 Å². The Hall–Kier alpha value is -2.16. The Labute approximate surface area is 73.4 Å². The lowest BCUT2D eigenvalue weighted by Crippen LogP contribution is -2.10. The normalized spacial score (nSPS) is 8.85. The second-order valence-corrected chi connectivity index (χ2v) is 2.01. The van der Waals surface area contributed by atoms with Crippen molar-refractivity contribution in [3.05, 3.63) is 18.1 Å². The minimum Gasteiger partial charge on any atom is -0.479 e. The summed E-state index contributed by atoms with van der Waals surface area (Å²) in [5.41, 5.74) is 0. The van der Waals surface area contributed by atoms with Gasteiger partial charge in [-0.15, -0.1) is 0 Å². The van der Waals surface area contributed by atoms with E-state index in [0.717, 1.165) is 0 Å². The summed E-state index contributed by atoms with van der Waals surface area (Å²) in [6.07, 6.45) is 1.32. The molecular formula is C7H5N3O3.